The fraction of sp³-hybridized carbons (Fsp3) is 0.689. The maximum absolute atomic E-state index is 15.5. The van der Waals surface area contributed by atoms with Crippen LogP contribution in [0.15, 0.2) is 135 Å². The third-order valence-corrected chi connectivity index (χ3v) is 43.2. The Morgan fingerprint density at radius 3 is 1.71 bits per heavy atom. The third-order valence-electron chi connectivity index (χ3n) is 25.6. The van der Waals surface area contributed by atoms with Gasteiger partial charge in [-0.25, -0.2) is 9.59 Å². The van der Waals surface area contributed by atoms with E-state index in [1.54, 1.807) is 25.3 Å². The van der Waals surface area contributed by atoms with Gasteiger partial charge in [-0.15, -0.1) is 0 Å². The number of amides is 1. The molecule has 5 heterocycles. The highest BCUT2D eigenvalue weighted by atomic mass is 28.4. The zero-order chi connectivity index (χ0) is 82.6. The smallest absolute Gasteiger partial charge is 0.407 e. The lowest BCUT2D eigenvalue weighted by Gasteiger charge is -2.54. The van der Waals surface area contributed by atoms with Gasteiger partial charge in [0.2, 0.25) is 0 Å². The van der Waals surface area contributed by atoms with E-state index in [9.17, 15) is 9.59 Å². The van der Waals surface area contributed by atoms with E-state index in [-0.39, 0.29) is 123 Å². The van der Waals surface area contributed by atoms with Gasteiger partial charge < -0.3 is 71.0 Å². The first-order valence-electron chi connectivity index (χ1n) is 42.2. The number of rotatable bonds is 25. The van der Waals surface area contributed by atoms with Crippen molar-refractivity contribution >= 4 is 48.7 Å². The molecule has 0 aromatic heterocycles. The number of alkyl carbamates (subject to hydrolysis) is 1. The van der Waals surface area contributed by atoms with Crippen LogP contribution in [0.5, 0.6) is 0 Å². The quantitative estimate of drug-likeness (QED) is 0.0417. The highest BCUT2D eigenvalue weighted by molar-refractivity contribution is 6.82. The van der Waals surface area contributed by atoms with Gasteiger partial charge in [-0.3, -0.25) is 9.59 Å². The minimum Gasteiger partial charge on any atom is -0.462 e. The van der Waals surface area contributed by atoms with Gasteiger partial charge in [0.15, 0.2) is 34.8 Å². The zero-order valence-corrected chi connectivity index (χ0v) is 75.2. The molecule has 6 bridgehead atoms. The lowest BCUT2D eigenvalue weighted by Crippen LogP contribution is -2.67. The minimum atomic E-state index is -2.70. The maximum atomic E-state index is 15.5. The number of benzene rings is 1. The normalized spacial score (nSPS) is 32.9. The summed E-state index contributed by atoms with van der Waals surface area (Å²) in [6.07, 6.45) is 24.3. The number of cyclic esters (lactones) is 1. The monoisotopic (exact) mass is 1610 g/mol. The van der Waals surface area contributed by atoms with Gasteiger partial charge in [0.05, 0.1) is 81.0 Å². The molecule has 19 atom stereocenters. The van der Waals surface area contributed by atoms with Crippen LogP contribution < -0.4 is 5.32 Å². The zero-order valence-electron chi connectivity index (χ0n) is 72.2. The molecule has 1 amide bonds. The Morgan fingerprint density at radius 2 is 1.16 bits per heavy atom. The van der Waals surface area contributed by atoms with Crippen molar-refractivity contribution in [2.75, 3.05) is 33.9 Å². The first-order valence-corrected chi connectivity index (χ1v) is 49.6. The van der Waals surface area contributed by atoms with Crippen LogP contribution in [0.25, 0.3) is 0 Å². The van der Waals surface area contributed by atoms with Crippen LogP contribution >= 0.6 is 0 Å². The SMILES string of the molecule is C=CCOC(=O)N[C@@H]1[C@H](OC(=O)c2ccc(C(C)(C)C)cc2)[C@H](O[C@H]2/C=C/C=C/C=C/C=C/C=C/C=C/C=C/[C@H](C)C(C)[C@@H](C)[C@H](C)OC(=O)C[C@H]3C[C@@H](CC[C@@H](O[Si](CC)(CC)C(C)C)[C@H]4C[C@@H](C[C@]5(OC)C[C@H](O[Si](CC)(CC)C(C)C)[C@@H](C(=O)OCC=C)C(C2)O5)OCO4)OCO3)O[C@H](C)[C@H]1[Si](CC)(CC)C(C)C. The molecule has 0 aliphatic carbocycles. The summed E-state index contributed by atoms with van der Waals surface area (Å²) >= 11 is 0. The third kappa shape index (κ3) is 26.4. The minimum absolute atomic E-state index is 0.0105. The number of fused-ring (bicyclic) bond motifs is 6. The van der Waals surface area contributed by atoms with Crippen molar-refractivity contribution in [1.82, 2.24) is 5.32 Å². The van der Waals surface area contributed by atoms with E-state index >= 15 is 9.59 Å². The maximum Gasteiger partial charge on any atom is 0.407 e. The second-order valence-corrected chi connectivity index (χ2v) is 49.4. The van der Waals surface area contributed by atoms with Crippen LogP contribution in [0.2, 0.25) is 58.4 Å². The molecule has 0 radical (unpaired) electrons. The fourth-order valence-electron chi connectivity index (χ4n) is 17.7. The summed E-state index contributed by atoms with van der Waals surface area (Å²) in [6, 6.07) is 11.6. The van der Waals surface area contributed by atoms with Crippen LogP contribution in [-0.4, -0.2) is 168 Å². The van der Waals surface area contributed by atoms with Crippen molar-refractivity contribution in [3.8, 4) is 0 Å². The second kappa shape index (κ2) is 46.1. The lowest BCUT2D eigenvalue weighted by molar-refractivity contribution is -0.322. The Labute approximate surface area is 677 Å². The molecule has 5 aliphatic heterocycles. The van der Waals surface area contributed by atoms with Crippen molar-refractivity contribution in [2.24, 2.45) is 23.7 Å². The van der Waals surface area contributed by atoms with Gasteiger partial charge >= 0.3 is 24.0 Å². The van der Waals surface area contributed by atoms with E-state index in [1.807, 2.05) is 98.9 Å². The van der Waals surface area contributed by atoms with Crippen LogP contribution in [0.1, 0.15) is 206 Å². The topological polar surface area (TPSA) is 210 Å². The molecule has 19 nitrogen and oxygen atoms in total. The molecule has 112 heavy (non-hydrogen) atoms. The average Bonchev–Trinajstić information content (AvgIpc) is 0.748. The first-order chi connectivity index (χ1) is 53.3. The molecular formula is C90H145NO18Si3. The number of carbonyl (C=O) groups excluding carboxylic acids is 4. The predicted molar refractivity (Wildman–Crippen MR) is 453 cm³/mol. The predicted octanol–water partition coefficient (Wildman–Crippen LogP) is 20.2. The highest BCUT2D eigenvalue weighted by Crippen LogP contribution is 2.51. The van der Waals surface area contributed by atoms with Crippen molar-refractivity contribution in [2.45, 2.75) is 339 Å². The molecular weight excluding hydrogens is 1470 g/mol. The van der Waals surface area contributed by atoms with Crippen LogP contribution in [-0.2, 0) is 80.7 Å². The molecule has 4 fully saturated rings. The van der Waals surface area contributed by atoms with E-state index in [1.165, 1.54) is 6.08 Å². The number of carbonyl (C=O) groups is 4. The molecule has 6 rings (SSSR count). The molecule has 0 saturated carbocycles. The molecule has 630 valence electrons. The number of hydrogen-bond donors (Lipinski definition) is 1. The van der Waals surface area contributed by atoms with Gasteiger partial charge in [-0.2, -0.15) is 0 Å². The second-order valence-electron chi connectivity index (χ2n) is 33.8. The Hall–Kier alpha value is -5.19. The number of methoxy groups -OCH3 is 1. The summed E-state index contributed by atoms with van der Waals surface area (Å²) in [4.78, 5) is 58.8. The number of ether oxygens (including phenoxy) is 12. The molecule has 4 saturated heterocycles. The largest absolute Gasteiger partial charge is 0.462 e. The Kier molecular flexibility index (Phi) is 39.4. The Morgan fingerprint density at radius 1 is 0.616 bits per heavy atom. The van der Waals surface area contributed by atoms with Crippen molar-refractivity contribution in [3.63, 3.8) is 0 Å². The van der Waals surface area contributed by atoms with E-state index < -0.39 is 110 Å². The van der Waals surface area contributed by atoms with Gasteiger partial charge in [-0.05, 0) is 103 Å². The van der Waals surface area contributed by atoms with Crippen molar-refractivity contribution < 1.29 is 84.9 Å². The summed E-state index contributed by atoms with van der Waals surface area (Å²) in [5, 5.41) is 3.26. The molecule has 1 aromatic rings. The standard InChI is InChI=1S/C90H145NO18Si3/c1-24-52-97-86(94)81-78-55-73(105-87-83(106-85(93)70-46-48-71(49-47-70)89(20,21)22)82(91-88(95)98-53-25-2)84(69(19)104-87)110(26-3,27-4)62(9)10)45-43-41-39-37-35-33-32-34-36-38-40-42-44-65(15)66(16)67(17)68(18)103-80(92)57-74-54-72(99-60-100-74)50-51-76(108-111(28-5,29-6)63(11)12)77-56-75(101-61-102-77)58-90(96-23,107-78)59-79(81)109-112(30-7,31-8)64(13)14/h24-25,32-49,62-69,72-79,81-84,87H,1-2,26-31,50-61H2,3-23H3,(H,91,95)/b33-32+,36-34+,37-35+,40-38+,41-39+,44-42+,45-43+/t65-,66?,67+,68-,69+,72+,73-,74+,75-,76+,77+,78?,79-,81-,82+,83-,84+,87-,90+/m0/s1. The summed E-state index contributed by atoms with van der Waals surface area (Å²) in [7, 11) is -5.98. The van der Waals surface area contributed by atoms with Gasteiger partial charge in [0, 0.05) is 44.8 Å². The van der Waals surface area contributed by atoms with E-state index in [0.29, 0.717) is 36.8 Å². The Bertz CT molecular complexity index is 3270. The van der Waals surface area contributed by atoms with E-state index in [0.717, 1.165) is 41.8 Å². The number of esters is 3. The highest BCUT2D eigenvalue weighted by Gasteiger charge is 2.59. The van der Waals surface area contributed by atoms with Crippen molar-refractivity contribution in [1.29, 1.82) is 0 Å². The number of allylic oxidation sites excluding steroid dienone is 13. The lowest BCUT2D eigenvalue weighted by atomic mass is 9.82. The summed E-state index contributed by atoms with van der Waals surface area (Å²) in [5.41, 5.74) is 1.49. The molecule has 1 N–H and O–H groups in total. The van der Waals surface area contributed by atoms with Gasteiger partial charge in [-0.1, -0.05) is 265 Å². The molecule has 1 aromatic carbocycles. The van der Waals surface area contributed by atoms with Crippen molar-refractivity contribution in [3.05, 3.63) is 146 Å². The Balaban J connectivity index is 1.57. The molecule has 0 spiro atoms. The summed E-state index contributed by atoms with van der Waals surface area (Å²) in [5.74, 6) is -3.41. The number of hydrogen-bond acceptors (Lipinski definition) is 18. The molecule has 22 heteroatoms. The van der Waals surface area contributed by atoms with E-state index in [4.69, 9.17) is 65.7 Å². The van der Waals surface area contributed by atoms with Crippen LogP contribution in [0.4, 0.5) is 4.79 Å². The molecule has 2 unspecified atom stereocenters. The molecule has 5 aliphatic rings. The van der Waals surface area contributed by atoms with Gasteiger partial charge in [0.1, 0.15) is 38.8 Å². The first kappa shape index (κ1) is 95.7. The summed E-state index contributed by atoms with van der Waals surface area (Å²) in [6.45, 7) is 51.3. The fourth-order valence-corrected chi connectivity index (χ4v) is 30.8. The average molecular weight is 1610 g/mol. The number of nitrogens with one attached hydrogen (secondary N) is 1. The van der Waals surface area contributed by atoms with Gasteiger partial charge in [0.25, 0.3) is 0 Å². The summed E-state index contributed by atoms with van der Waals surface area (Å²) < 4.78 is 95.7. The van der Waals surface area contributed by atoms with Crippen LogP contribution in [0, 0.1) is 23.7 Å². The van der Waals surface area contributed by atoms with E-state index in [2.05, 4.69) is 155 Å². The van der Waals surface area contributed by atoms with Crippen LogP contribution in [0.3, 0.4) is 0 Å².